The first-order chi connectivity index (χ1) is 19.7. The number of Topliss-reactive ketones (excluding diaryl/α,β-unsaturated/α-hetero) is 1. The van der Waals surface area contributed by atoms with Crippen LogP contribution in [0.15, 0.2) is 18.2 Å². The number of pyridine rings is 1. The van der Waals surface area contributed by atoms with Crippen molar-refractivity contribution in [2.45, 2.75) is 99.5 Å². The molecule has 1 saturated carbocycles. The molecule has 1 aliphatic rings. The summed E-state index contributed by atoms with van der Waals surface area (Å²) in [6.07, 6.45) is 7.73. The van der Waals surface area contributed by atoms with E-state index in [4.69, 9.17) is 33.7 Å². The number of hydrogen-bond acceptors (Lipinski definition) is 6. The number of H-pyrrole nitrogens is 1. The molecule has 2 heterocycles. The van der Waals surface area contributed by atoms with Crippen LogP contribution in [0.2, 0.25) is 10.0 Å². The number of aromatic amines is 1. The first-order valence-electron chi connectivity index (χ1n) is 14.5. The minimum atomic E-state index is -2.70. The molecule has 0 saturated heterocycles. The van der Waals surface area contributed by atoms with Crippen LogP contribution in [0.1, 0.15) is 102 Å². The molecule has 3 aromatic rings. The minimum absolute atomic E-state index is 0.0598. The third-order valence-corrected chi connectivity index (χ3v) is 6.97. The number of nitrogens with one attached hydrogen (secondary N) is 2. The monoisotopic (exact) mass is 615 g/mol. The van der Waals surface area contributed by atoms with Crippen molar-refractivity contribution in [3.63, 3.8) is 0 Å². The molecule has 1 aliphatic carbocycles. The van der Waals surface area contributed by atoms with Gasteiger partial charge in [-0.1, -0.05) is 109 Å². The fraction of sp³-hybridized carbons (Fsp3) is 0.567. The zero-order chi connectivity index (χ0) is 30.9. The number of carbonyl (C=O) groups is 1. The van der Waals surface area contributed by atoms with E-state index in [1.165, 1.54) is 57.9 Å². The maximum Gasteiger partial charge on any atom is 0.272 e. The molecule has 11 heteroatoms. The summed E-state index contributed by atoms with van der Waals surface area (Å²) >= 11 is 12.5. The third kappa shape index (κ3) is 11.4. The summed E-state index contributed by atoms with van der Waals surface area (Å²) in [5.74, 6) is 0.744. The quantitative estimate of drug-likeness (QED) is 0.207. The highest BCUT2D eigenvalue weighted by Crippen LogP contribution is 2.35. The third-order valence-electron chi connectivity index (χ3n) is 6.22. The van der Waals surface area contributed by atoms with E-state index >= 15 is 0 Å². The van der Waals surface area contributed by atoms with Gasteiger partial charge in [-0.05, 0) is 30.5 Å². The van der Waals surface area contributed by atoms with E-state index < -0.39 is 13.0 Å². The van der Waals surface area contributed by atoms with Gasteiger partial charge in [0.15, 0.2) is 18.0 Å². The highest BCUT2D eigenvalue weighted by Gasteiger charge is 2.18. The van der Waals surface area contributed by atoms with E-state index in [9.17, 15) is 13.6 Å². The number of nitrogens with two attached hydrogens (primary N) is 1. The van der Waals surface area contributed by atoms with Gasteiger partial charge in [-0.25, -0.2) is 8.78 Å². The van der Waals surface area contributed by atoms with E-state index in [-0.39, 0.29) is 35.4 Å². The number of anilines is 2. The van der Waals surface area contributed by atoms with Crippen LogP contribution in [-0.2, 0) is 6.54 Å². The average Bonchev–Trinajstić information content (AvgIpc) is 3.38. The van der Waals surface area contributed by atoms with Crippen LogP contribution in [0.3, 0.4) is 0 Å². The van der Waals surface area contributed by atoms with Gasteiger partial charge < -0.3 is 20.8 Å². The van der Waals surface area contributed by atoms with Gasteiger partial charge in [0.25, 0.3) is 6.43 Å². The van der Waals surface area contributed by atoms with E-state index in [0.717, 1.165) is 5.92 Å². The number of carbonyl (C=O) groups excluding carboxylic acids is 1. The standard InChI is InChI=1S/C17H15Cl2F2N5O2.C9H18.2C2H6/c1-7(27)9-4-11-15(25-16(9)28-6-12(20)21)26-17(23-11)24-14-10(18)3-2-8(5-22)13(14)19;1-2-6-9-7-4-3-5-8-9;2*1-2/h2-4,12H,5-6,22H2,1H3,(H2,23,24,25,26);9H,2-8H2,1H3;2*1-2H3. The molecular formula is C30H45Cl2F2N5O2. The molecule has 7 nitrogen and oxygen atoms in total. The molecule has 2 aromatic heterocycles. The number of aromatic nitrogens is 3. The second-order valence-electron chi connectivity index (χ2n) is 9.07. The molecule has 1 fully saturated rings. The molecule has 41 heavy (non-hydrogen) atoms. The van der Waals surface area contributed by atoms with Gasteiger partial charge in [-0.3, -0.25) is 4.79 Å². The fourth-order valence-electron chi connectivity index (χ4n) is 4.36. The molecule has 0 amide bonds. The highest BCUT2D eigenvalue weighted by molar-refractivity contribution is 6.39. The van der Waals surface area contributed by atoms with Gasteiger partial charge in [-0.15, -0.1) is 0 Å². The van der Waals surface area contributed by atoms with Crippen LogP contribution in [0.5, 0.6) is 5.88 Å². The van der Waals surface area contributed by atoms with Crippen LogP contribution in [0, 0.1) is 5.92 Å². The molecule has 1 aromatic carbocycles. The van der Waals surface area contributed by atoms with Crippen molar-refractivity contribution in [3.05, 3.63) is 39.4 Å². The zero-order valence-corrected chi connectivity index (χ0v) is 26.6. The van der Waals surface area contributed by atoms with Crippen LogP contribution in [-0.4, -0.2) is 33.8 Å². The van der Waals surface area contributed by atoms with Gasteiger partial charge >= 0.3 is 0 Å². The van der Waals surface area contributed by atoms with E-state index in [2.05, 4.69) is 27.2 Å². The lowest BCUT2D eigenvalue weighted by Gasteiger charge is -2.20. The Kier molecular flexibility index (Phi) is 17.5. The van der Waals surface area contributed by atoms with Crippen molar-refractivity contribution in [1.29, 1.82) is 0 Å². The van der Waals surface area contributed by atoms with Crippen molar-refractivity contribution in [1.82, 2.24) is 15.0 Å². The smallest absolute Gasteiger partial charge is 0.272 e. The van der Waals surface area contributed by atoms with Crippen molar-refractivity contribution < 1.29 is 18.3 Å². The van der Waals surface area contributed by atoms with Crippen molar-refractivity contribution in [2.75, 3.05) is 11.9 Å². The summed E-state index contributed by atoms with van der Waals surface area (Å²) in [5, 5.41) is 3.64. The van der Waals surface area contributed by atoms with E-state index in [1.54, 1.807) is 12.1 Å². The van der Waals surface area contributed by atoms with Gasteiger partial charge in [0.1, 0.15) is 0 Å². The normalized spacial score (nSPS) is 12.9. The number of ether oxygens (including phenoxy) is 1. The van der Waals surface area contributed by atoms with Gasteiger partial charge in [0, 0.05) is 6.54 Å². The van der Waals surface area contributed by atoms with E-state index in [0.29, 0.717) is 26.8 Å². The van der Waals surface area contributed by atoms with Crippen molar-refractivity contribution in [3.8, 4) is 5.88 Å². The predicted molar refractivity (Wildman–Crippen MR) is 167 cm³/mol. The van der Waals surface area contributed by atoms with Gasteiger partial charge in [0.2, 0.25) is 11.8 Å². The number of rotatable bonds is 9. The average molecular weight is 617 g/mol. The Morgan fingerprint density at radius 2 is 1.80 bits per heavy atom. The fourth-order valence-corrected chi connectivity index (χ4v) is 4.90. The summed E-state index contributed by atoms with van der Waals surface area (Å²) in [5.41, 5.74) is 7.35. The molecule has 0 bridgehead atoms. The zero-order valence-electron chi connectivity index (χ0n) is 25.1. The van der Waals surface area contributed by atoms with Crippen LogP contribution in [0.4, 0.5) is 20.4 Å². The first-order valence-corrected chi connectivity index (χ1v) is 15.3. The largest absolute Gasteiger partial charge is 0.471 e. The summed E-state index contributed by atoms with van der Waals surface area (Å²) in [7, 11) is 0. The summed E-state index contributed by atoms with van der Waals surface area (Å²) in [6, 6.07) is 4.79. The van der Waals surface area contributed by atoms with E-state index in [1.807, 2.05) is 27.7 Å². The predicted octanol–water partition coefficient (Wildman–Crippen LogP) is 9.73. The van der Waals surface area contributed by atoms with Crippen LogP contribution >= 0.6 is 23.2 Å². The van der Waals surface area contributed by atoms with Gasteiger partial charge in [-0.2, -0.15) is 9.97 Å². The SMILES string of the molecule is CC.CC.CC(=O)c1cc2[nH]c(Nc3c(Cl)ccc(CN)c3Cl)nc2nc1OCC(F)F.CCCC1CCCCC1. The molecule has 0 aliphatic heterocycles. The highest BCUT2D eigenvalue weighted by atomic mass is 35.5. The molecule has 4 rings (SSSR count). The lowest BCUT2D eigenvalue weighted by molar-refractivity contribution is 0.0781. The Morgan fingerprint density at radius 1 is 1.15 bits per heavy atom. The van der Waals surface area contributed by atoms with Crippen LogP contribution < -0.4 is 15.8 Å². The molecule has 0 unspecified atom stereocenters. The lowest BCUT2D eigenvalue weighted by atomic mass is 9.86. The Hall–Kier alpha value is -2.49. The topological polar surface area (TPSA) is 106 Å². The number of hydrogen-bond donors (Lipinski definition) is 3. The molecule has 0 atom stereocenters. The Labute approximate surface area is 253 Å². The van der Waals surface area contributed by atoms with Crippen LogP contribution in [0.25, 0.3) is 11.2 Å². The summed E-state index contributed by atoms with van der Waals surface area (Å²) in [6.45, 7) is 10.9. The summed E-state index contributed by atoms with van der Waals surface area (Å²) < 4.78 is 29.8. The minimum Gasteiger partial charge on any atom is -0.471 e. The maximum absolute atomic E-state index is 12.4. The number of benzene rings is 1. The van der Waals surface area contributed by atoms with Gasteiger partial charge in [0.05, 0.1) is 26.8 Å². The lowest BCUT2D eigenvalue weighted by Crippen LogP contribution is -2.11. The Balaban J connectivity index is 0.000000541. The Bertz CT molecular complexity index is 1200. The number of nitrogens with zero attached hydrogens (tertiary/aromatic N) is 2. The number of halogens is 4. The molecular weight excluding hydrogens is 571 g/mol. The Morgan fingerprint density at radius 3 is 2.37 bits per heavy atom. The second-order valence-corrected chi connectivity index (χ2v) is 9.86. The number of fused-ring (bicyclic) bond motifs is 1. The number of imidazole rings is 1. The number of alkyl halides is 2. The molecule has 230 valence electrons. The van der Waals surface area contributed by atoms with Crippen molar-refractivity contribution >= 4 is 51.8 Å². The number of ketones is 1. The molecule has 4 N–H and O–H groups in total. The summed E-state index contributed by atoms with van der Waals surface area (Å²) in [4.78, 5) is 23.0. The molecule has 0 spiro atoms. The first kappa shape index (κ1) is 36.5. The molecule has 0 radical (unpaired) electrons. The maximum atomic E-state index is 12.4. The second kappa shape index (κ2) is 19.6. The van der Waals surface area contributed by atoms with Crippen molar-refractivity contribution in [2.24, 2.45) is 11.7 Å².